The maximum absolute atomic E-state index is 11.0. The average Bonchev–Trinajstić information content (AvgIpc) is 2.43. The number of nitrogens with zero attached hydrogens (tertiary/aromatic N) is 1. The molecule has 0 radical (unpaired) electrons. The van der Waals surface area contributed by atoms with Crippen molar-refractivity contribution in [3.05, 3.63) is 34.9 Å². The van der Waals surface area contributed by atoms with E-state index >= 15 is 0 Å². The van der Waals surface area contributed by atoms with E-state index in [9.17, 15) is 4.79 Å². The van der Waals surface area contributed by atoms with Gasteiger partial charge in [-0.15, -0.1) is 0 Å². The highest BCUT2D eigenvalue weighted by atomic mass is 16.5. The molecule has 0 atom stereocenters. The molecule has 1 saturated carbocycles. The van der Waals surface area contributed by atoms with E-state index in [1.54, 1.807) is 7.11 Å². The van der Waals surface area contributed by atoms with E-state index in [4.69, 9.17) is 9.84 Å². The van der Waals surface area contributed by atoms with Gasteiger partial charge in [-0.1, -0.05) is 29.3 Å². The van der Waals surface area contributed by atoms with Crippen molar-refractivity contribution in [3.8, 4) is 0 Å². The van der Waals surface area contributed by atoms with Crippen molar-refractivity contribution >= 4 is 6.09 Å². The topological polar surface area (TPSA) is 49.8 Å². The molecule has 0 unspecified atom stereocenters. The van der Waals surface area contributed by atoms with Crippen molar-refractivity contribution in [1.82, 2.24) is 4.90 Å². The largest absolute Gasteiger partial charge is 0.465 e. The second kappa shape index (κ2) is 5.27. The molecular formula is C18H25NO3. The van der Waals surface area contributed by atoms with Gasteiger partial charge >= 0.3 is 6.09 Å². The summed E-state index contributed by atoms with van der Waals surface area (Å²) in [5, 5.41) is 9.04. The van der Waals surface area contributed by atoms with Crippen LogP contribution in [0.15, 0.2) is 18.2 Å². The second-order valence-electron chi connectivity index (χ2n) is 7.21. The van der Waals surface area contributed by atoms with Crippen LogP contribution in [0.4, 0.5) is 4.79 Å². The molecule has 1 spiro atoms. The minimum Gasteiger partial charge on any atom is -0.465 e. The van der Waals surface area contributed by atoms with E-state index in [2.05, 4.69) is 32.0 Å². The molecule has 1 heterocycles. The van der Waals surface area contributed by atoms with Gasteiger partial charge in [0.25, 0.3) is 0 Å². The summed E-state index contributed by atoms with van der Waals surface area (Å²) in [5.41, 5.74) is 3.81. The van der Waals surface area contributed by atoms with Gasteiger partial charge in [0.05, 0.1) is 5.60 Å². The first-order chi connectivity index (χ1) is 10.4. The molecule has 1 aliphatic heterocycles. The molecule has 1 saturated heterocycles. The second-order valence-corrected chi connectivity index (χ2v) is 7.21. The molecule has 1 aliphatic carbocycles. The number of aryl methyl sites for hydroxylation is 2. The Morgan fingerprint density at radius 1 is 1.09 bits per heavy atom. The molecule has 1 amide bonds. The Morgan fingerprint density at radius 3 is 2.09 bits per heavy atom. The first kappa shape index (κ1) is 15.3. The number of hydrogen-bond donors (Lipinski definition) is 1. The number of carbonyl (C=O) groups is 1. The average molecular weight is 303 g/mol. The molecule has 2 aliphatic rings. The summed E-state index contributed by atoms with van der Waals surface area (Å²) in [6.07, 6.45) is 3.23. The van der Waals surface area contributed by atoms with Gasteiger partial charge in [0.15, 0.2) is 0 Å². The van der Waals surface area contributed by atoms with Crippen LogP contribution in [-0.4, -0.2) is 36.3 Å². The Labute approximate surface area is 132 Å². The predicted octanol–water partition coefficient (Wildman–Crippen LogP) is 3.70. The van der Waals surface area contributed by atoms with Crippen LogP contribution in [0.5, 0.6) is 0 Å². The summed E-state index contributed by atoms with van der Waals surface area (Å²) >= 11 is 0. The number of likely N-dealkylation sites (tertiary alicyclic amines) is 1. The van der Waals surface area contributed by atoms with Crippen LogP contribution in [0.25, 0.3) is 0 Å². The molecule has 4 nitrogen and oxygen atoms in total. The van der Waals surface area contributed by atoms with Gasteiger partial charge in [-0.2, -0.15) is 0 Å². The third-order valence-corrected chi connectivity index (χ3v) is 5.58. The molecule has 3 rings (SSSR count). The van der Waals surface area contributed by atoms with Gasteiger partial charge in [-0.05, 0) is 45.1 Å². The highest BCUT2D eigenvalue weighted by Gasteiger charge is 2.51. The zero-order valence-corrected chi connectivity index (χ0v) is 13.7. The van der Waals surface area contributed by atoms with Gasteiger partial charge in [-0.25, -0.2) is 4.79 Å². The maximum atomic E-state index is 11.0. The van der Waals surface area contributed by atoms with Crippen molar-refractivity contribution < 1.29 is 14.6 Å². The van der Waals surface area contributed by atoms with Gasteiger partial charge in [0.2, 0.25) is 0 Å². The lowest BCUT2D eigenvalue weighted by Gasteiger charge is -2.54. The van der Waals surface area contributed by atoms with Gasteiger partial charge in [0, 0.05) is 25.6 Å². The summed E-state index contributed by atoms with van der Waals surface area (Å²) in [6.45, 7) is 5.63. The van der Waals surface area contributed by atoms with Crippen LogP contribution in [0.1, 0.15) is 42.4 Å². The Balaban J connectivity index is 1.76. The van der Waals surface area contributed by atoms with Crippen molar-refractivity contribution in [2.75, 3.05) is 20.2 Å². The highest BCUT2D eigenvalue weighted by molar-refractivity contribution is 5.66. The van der Waals surface area contributed by atoms with Crippen LogP contribution in [-0.2, 0) is 10.3 Å². The Bertz CT molecular complexity index is 560. The standard InChI is InChI=1S/C18H25NO3/c1-13-8-14(2)10-15(9-13)18(22-3)6-4-17(5-7-18)11-19(12-17)16(20)21/h8-10H,4-7,11-12H2,1-3H3,(H,20,21). The van der Waals surface area contributed by atoms with E-state index < -0.39 is 6.09 Å². The Hall–Kier alpha value is -1.55. The molecule has 4 heteroatoms. The minimum atomic E-state index is -0.788. The molecule has 1 aromatic rings. The Kier molecular flexibility index (Phi) is 3.68. The number of ether oxygens (including phenoxy) is 1. The SMILES string of the molecule is COC1(c2cc(C)cc(C)c2)CCC2(CC1)CN(C(=O)O)C2. The highest BCUT2D eigenvalue weighted by Crippen LogP contribution is 2.51. The summed E-state index contributed by atoms with van der Waals surface area (Å²) in [4.78, 5) is 12.5. The zero-order valence-electron chi connectivity index (χ0n) is 13.7. The quantitative estimate of drug-likeness (QED) is 0.906. The molecule has 120 valence electrons. The molecule has 1 aromatic carbocycles. The molecule has 22 heavy (non-hydrogen) atoms. The Morgan fingerprint density at radius 2 is 1.64 bits per heavy atom. The van der Waals surface area contributed by atoms with Gasteiger partial charge < -0.3 is 14.7 Å². The number of carboxylic acid groups (broad SMARTS) is 1. The lowest BCUT2D eigenvalue weighted by Crippen LogP contribution is -2.60. The predicted molar refractivity (Wildman–Crippen MR) is 85.1 cm³/mol. The fourth-order valence-electron chi connectivity index (χ4n) is 4.25. The van der Waals surface area contributed by atoms with Crippen molar-refractivity contribution in [3.63, 3.8) is 0 Å². The smallest absolute Gasteiger partial charge is 0.407 e. The van der Waals surface area contributed by atoms with Crippen molar-refractivity contribution in [1.29, 1.82) is 0 Å². The minimum absolute atomic E-state index is 0.194. The number of rotatable bonds is 2. The van der Waals surface area contributed by atoms with E-state index in [-0.39, 0.29) is 11.0 Å². The van der Waals surface area contributed by atoms with Crippen molar-refractivity contribution in [2.24, 2.45) is 5.41 Å². The summed E-state index contributed by atoms with van der Waals surface area (Å²) in [6, 6.07) is 6.66. The summed E-state index contributed by atoms with van der Waals surface area (Å²) < 4.78 is 5.98. The van der Waals surface area contributed by atoms with E-state index in [0.29, 0.717) is 13.1 Å². The first-order valence-corrected chi connectivity index (χ1v) is 8.00. The van der Waals surface area contributed by atoms with Crippen LogP contribution in [0.2, 0.25) is 0 Å². The molecular weight excluding hydrogens is 278 g/mol. The third-order valence-electron chi connectivity index (χ3n) is 5.58. The lowest BCUT2D eigenvalue weighted by atomic mass is 9.63. The van der Waals surface area contributed by atoms with Crippen LogP contribution >= 0.6 is 0 Å². The monoisotopic (exact) mass is 303 g/mol. The molecule has 0 bridgehead atoms. The zero-order chi connectivity index (χ0) is 16.0. The fourth-order valence-corrected chi connectivity index (χ4v) is 4.25. The van der Waals surface area contributed by atoms with E-state index in [1.165, 1.54) is 21.6 Å². The molecule has 2 fully saturated rings. The first-order valence-electron chi connectivity index (χ1n) is 8.00. The van der Waals surface area contributed by atoms with Crippen molar-refractivity contribution in [2.45, 2.75) is 45.1 Å². The fraction of sp³-hybridized carbons (Fsp3) is 0.611. The third kappa shape index (κ3) is 2.50. The van der Waals surface area contributed by atoms with Crippen LogP contribution < -0.4 is 0 Å². The van der Waals surface area contributed by atoms with E-state index in [0.717, 1.165) is 25.7 Å². The summed E-state index contributed by atoms with van der Waals surface area (Å²) in [5.74, 6) is 0. The number of methoxy groups -OCH3 is 1. The number of amides is 1. The molecule has 1 N–H and O–H groups in total. The van der Waals surface area contributed by atoms with E-state index in [1.807, 2.05) is 0 Å². The molecule has 0 aromatic heterocycles. The lowest BCUT2D eigenvalue weighted by molar-refractivity contribution is -0.106. The van der Waals surface area contributed by atoms with Crippen LogP contribution in [0, 0.1) is 19.3 Å². The normalized spacial score (nSPS) is 22.4. The maximum Gasteiger partial charge on any atom is 0.407 e. The summed E-state index contributed by atoms with van der Waals surface area (Å²) in [7, 11) is 1.81. The van der Waals surface area contributed by atoms with Gasteiger partial charge in [-0.3, -0.25) is 0 Å². The number of benzene rings is 1. The number of hydrogen-bond acceptors (Lipinski definition) is 2. The van der Waals surface area contributed by atoms with Crippen LogP contribution in [0.3, 0.4) is 0 Å². The van der Waals surface area contributed by atoms with Gasteiger partial charge in [0.1, 0.15) is 0 Å².